The van der Waals surface area contributed by atoms with E-state index in [0.717, 1.165) is 51.4 Å². The van der Waals surface area contributed by atoms with Crippen molar-refractivity contribution in [3.8, 4) is 0 Å². The third-order valence-corrected chi connectivity index (χ3v) is 12.0. The minimum absolute atomic E-state index is 0.0159. The van der Waals surface area contributed by atoms with Gasteiger partial charge in [-0.1, -0.05) is 73.1 Å². The molecule has 13 nitrogen and oxygen atoms in total. The van der Waals surface area contributed by atoms with Crippen molar-refractivity contribution in [1.29, 1.82) is 0 Å². The maximum Gasteiger partial charge on any atom is 0.289 e. The maximum absolute atomic E-state index is 15.0. The van der Waals surface area contributed by atoms with Gasteiger partial charge in [-0.2, -0.15) is 0 Å². The molecule has 5 amide bonds. The van der Waals surface area contributed by atoms with Gasteiger partial charge >= 0.3 is 0 Å². The highest BCUT2D eigenvalue weighted by atomic mass is 16.2. The number of amides is 5. The van der Waals surface area contributed by atoms with Crippen LogP contribution in [-0.2, 0) is 24.0 Å². The number of hydrogen-bond acceptors (Lipinski definition) is 8. The van der Waals surface area contributed by atoms with Gasteiger partial charge in [0.15, 0.2) is 0 Å². The monoisotopic (exact) mass is 705 g/mol. The van der Waals surface area contributed by atoms with E-state index in [0.29, 0.717) is 32.2 Å². The van der Waals surface area contributed by atoms with Crippen LogP contribution in [0.5, 0.6) is 0 Å². The fourth-order valence-electron chi connectivity index (χ4n) is 8.63. The van der Waals surface area contributed by atoms with E-state index in [9.17, 15) is 24.0 Å². The SMILES string of the molecule is CC(C)[C@@H]1C[C@@H](C(=O)NC(CC2CCC2)C(=O)C(=O)NC2CC2)N(C(=O)[C@@H](N2C(=O)[C@@H](NC(=O)c3cnccn3)C23CCCCC3)C(C)(C)C)C1. The predicted molar refractivity (Wildman–Crippen MR) is 188 cm³/mol. The van der Waals surface area contributed by atoms with Crippen molar-refractivity contribution in [1.82, 2.24) is 35.7 Å². The second kappa shape index (κ2) is 14.6. The van der Waals surface area contributed by atoms with Crippen LogP contribution in [0.25, 0.3) is 0 Å². The first-order valence-corrected chi connectivity index (χ1v) is 19.1. The summed E-state index contributed by atoms with van der Waals surface area (Å²) in [5.41, 5.74) is -1.36. The number of Topliss-reactive ketones (excluding diaryl/α,β-unsaturated/α-hetero) is 1. The fourth-order valence-corrected chi connectivity index (χ4v) is 8.63. The van der Waals surface area contributed by atoms with Crippen LogP contribution in [0.2, 0.25) is 0 Å². The van der Waals surface area contributed by atoms with Gasteiger partial charge < -0.3 is 25.8 Å². The molecule has 13 heteroatoms. The molecule has 0 aromatic carbocycles. The molecule has 3 aliphatic carbocycles. The fraction of sp³-hybridized carbons (Fsp3) is 0.737. The Kier molecular flexibility index (Phi) is 10.6. The Hall–Kier alpha value is -3.90. The number of ketones is 1. The summed E-state index contributed by atoms with van der Waals surface area (Å²) in [4.78, 5) is 94.5. The van der Waals surface area contributed by atoms with Gasteiger partial charge in [-0.25, -0.2) is 4.98 Å². The Morgan fingerprint density at radius 2 is 1.67 bits per heavy atom. The summed E-state index contributed by atoms with van der Waals surface area (Å²) < 4.78 is 0. The third-order valence-electron chi connectivity index (χ3n) is 12.0. The van der Waals surface area contributed by atoms with Crippen molar-refractivity contribution >= 4 is 35.3 Å². The Balaban J connectivity index is 1.26. The lowest BCUT2D eigenvalue weighted by atomic mass is 9.65. The van der Waals surface area contributed by atoms with Gasteiger partial charge in [-0.05, 0) is 61.7 Å². The first-order valence-electron chi connectivity index (χ1n) is 19.1. The van der Waals surface area contributed by atoms with Gasteiger partial charge in [0.2, 0.25) is 23.5 Å². The van der Waals surface area contributed by atoms with Crippen molar-refractivity contribution in [2.75, 3.05) is 6.54 Å². The van der Waals surface area contributed by atoms with Crippen molar-refractivity contribution in [3.63, 3.8) is 0 Å². The third kappa shape index (κ3) is 7.53. The molecule has 1 aromatic rings. The normalized spacial score (nSPS) is 25.8. The molecule has 1 aromatic heterocycles. The minimum Gasteiger partial charge on any atom is -0.347 e. The largest absolute Gasteiger partial charge is 0.347 e. The number of nitrogens with zero attached hydrogens (tertiary/aromatic N) is 4. The van der Waals surface area contributed by atoms with Crippen molar-refractivity contribution < 1.29 is 28.8 Å². The molecule has 3 saturated carbocycles. The molecule has 0 bridgehead atoms. The first kappa shape index (κ1) is 36.9. The molecule has 5 fully saturated rings. The zero-order chi connectivity index (χ0) is 36.7. The lowest BCUT2D eigenvalue weighted by Crippen LogP contribution is -2.83. The molecule has 278 valence electrons. The van der Waals surface area contributed by atoms with E-state index >= 15 is 4.79 Å². The summed E-state index contributed by atoms with van der Waals surface area (Å²) >= 11 is 0. The summed E-state index contributed by atoms with van der Waals surface area (Å²) in [6, 6.07) is -3.51. The van der Waals surface area contributed by atoms with Gasteiger partial charge in [-0.3, -0.25) is 33.8 Å². The molecule has 2 saturated heterocycles. The summed E-state index contributed by atoms with van der Waals surface area (Å²) in [5.74, 6) is -2.39. The van der Waals surface area contributed by atoms with Crippen LogP contribution in [-0.4, -0.2) is 97.4 Å². The van der Waals surface area contributed by atoms with E-state index in [1.165, 1.54) is 18.6 Å². The summed E-state index contributed by atoms with van der Waals surface area (Å²) in [6.07, 6.45) is 13.7. The van der Waals surface area contributed by atoms with Crippen molar-refractivity contribution in [2.24, 2.45) is 23.2 Å². The molecule has 5 aliphatic rings. The lowest BCUT2D eigenvalue weighted by Gasteiger charge is -2.63. The van der Waals surface area contributed by atoms with Crippen LogP contribution >= 0.6 is 0 Å². The summed E-state index contributed by atoms with van der Waals surface area (Å²) in [6.45, 7) is 10.3. The standard InChI is InChI=1S/C38H55N7O6/c1-22(2)24-19-28(33(48)42-26(18-23-10-9-11-23)29(46)34(49)41-25-12-13-25)44(21-24)36(51)31(37(3,4)5)45-35(50)30(38(45)14-7-6-8-15-38)43-32(47)27-20-39-16-17-40-27/h16-17,20,22-26,28,30-31H,6-15,18-19,21H2,1-5H3,(H,41,49)(H,42,48)(H,43,47)/t24-,26?,28+,30-,31-/m1/s1. The Morgan fingerprint density at radius 1 is 0.961 bits per heavy atom. The van der Waals surface area contributed by atoms with Gasteiger partial charge in [0.05, 0.1) is 17.8 Å². The quantitative estimate of drug-likeness (QED) is 0.220. The van der Waals surface area contributed by atoms with Crippen LogP contribution in [0.4, 0.5) is 0 Å². The minimum atomic E-state index is -0.962. The summed E-state index contributed by atoms with van der Waals surface area (Å²) in [5, 5.41) is 8.65. The number of likely N-dealkylation sites (tertiary alicyclic amines) is 2. The molecule has 1 unspecified atom stereocenters. The van der Waals surface area contributed by atoms with Gasteiger partial charge in [0.25, 0.3) is 11.8 Å². The van der Waals surface area contributed by atoms with Crippen LogP contribution in [0.1, 0.15) is 122 Å². The highest BCUT2D eigenvalue weighted by molar-refractivity contribution is 6.38. The van der Waals surface area contributed by atoms with Gasteiger partial charge in [-0.15, -0.1) is 0 Å². The number of aromatic nitrogens is 2. The Labute approximate surface area is 300 Å². The molecule has 1 spiro atoms. The molecule has 51 heavy (non-hydrogen) atoms. The lowest BCUT2D eigenvalue weighted by molar-refractivity contribution is -0.186. The van der Waals surface area contributed by atoms with Gasteiger partial charge in [0.1, 0.15) is 23.8 Å². The molecule has 3 N–H and O–H groups in total. The zero-order valence-electron chi connectivity index (χ0n) is 30.8. The molecule has 0 radical (unpaired) electrons. The Bertz CT molecular complexity index is 1510. The molecular weight excluding hydrogens is 650 g/mol. The number of β-lactam (4-membered cyclic amide) rings is 1. The average molecular weight is 706 g/mol. The van der Waals surface area contributed by atoms with E-state index < -0.39 is 58.6 Å². The molecule has 3 heterocycles. The van der Waals surface area contributed by atoms with E-state index in [4.69, 9.17) is 0 Å². The molecular formula is C38H55N7O6. The number of carbonyl (C=O) groups is 6. The van der Waals surface area contributed by atoms with Crippen LogP contribution < -0.4 is 16.0 Å². The van der Waals surface area contributed by atoms with E-state index in [2.05, 4.69) is 39.8 Å². The summed E-state index contributed by atoms with van der Waals surface area (Å²) in [7, 11) is 0. The second-order valence-electron chi connectivity index (χ2n) is 17.1. The highest BCUT2D eigenvalue weighted by Gasteiger charge is 2.65. The number of rotatable bonds is 12. The van der Waals surface area contributed by atoms with Crippen LogP contribution in [0.15, 0.2) is 18.6 Å². The molecule has 5 atom stereocenters. The Morgan fingerprint density at radius 3 is 2.24 bits per heavy atom. The average Bonchev–Trinajstić information content (AvgIpc) is 3.78. The molecule has 2 aliphatic heterocycles. The topological polar surface area (TPSA) is 171 Å². The van der Waals surface area contributed by atoms with E-state index in [-0.39, 0.29) is 41.3 Å². The molecule has 6 rings (SSSR count). The van der Waals surface area contributed by atoms with Crippen molar-refractivity contribution in [2.45, 2.75) is 147 Å². The highest BCUT2D eigenvalue weighted by Crippen LogP contribution is 2.49. The predicted octanol–water partition coefficient (Wildman–Crippen LogP) is 2.93. The van der Waals surface area contributed by atoms with Crippen LogP contribution in [0.3, 0.4) is 0 Å². The van der Waals surface area contributed by atoms with E-state index in [1.807, 2.05) is 20.8 Å². The van der Waals surface area contributed by atoms with E-state index in [1.54, 1.807) is 9.80 Å². The number of hydrogen-bond donors (Lipinski definition) is 3. The number of nitrogens with one attached hydrogen (secondary N) is 3. The van der Waals surface area contributed by atoms with Crippen molar-refractivity contribution in [3.05, 3.63) is 24.3 Å². The smallest absolute Gasteiger partial charge is 0.289 e. The number of carbonyl (C=O) groups excluding carboxylic acids is 6. The first-order chi connectivity index (χ1) is 24.2. The van der Waals surface area contributed by atoms with Crippen LogP contribution in [0, 0.1) is 23.2 Å². The second-order valence-corrected chi connectivity index (χ2v) is 17.1. The van der Waals surface area contributed by atoms with Gasteiger partial charge in [0, 0.05) is 25.0 Å². The zero-order valence-corrected chi connectivity index (χ0v) is 30.8. The maximum atomic E-state index is 15.0.